The predicted molar refractivity (Wildman–Crippen MR) is 90.5 cm³/mol. The summed E-state index contributed by atoms with van der Waals surface area (Å²) in [6.07, 6.45) is 2.06. The van der Waals surface area contributed by atoms with Gasteiger partial charge in [-0.15, -0.1) is 12.4 Å². The molecule has 2 aromatic carbocycles. The molecule has 2 aromatic rings. The molecule has 0 aliphatic carbocycles. The molecule has 1 aliphatic rings. The molecule has 2 N–H and O–H groups in total. The molecule has 2 nitrogen and oxygen atoms in total. The van der Waals surface area contributed by atoms with Gasteiger partial charge < -0.3 is 5.73 Å². The summed E-state index contributed by atoms with van der Waals surface area (Å²) in [5.41, 5.74) is 9.13. The number of likely N-dealkylation sites (tertiary alicyclic amines) is 1. The molecule has 1 heterocycles. The predicted octanol–water partition coefficient (Wildman–Crippen LogP) is 3.56. The van der Waals surface area contributed by atoms with Gasteiger partial charge in [-0.1, -0.05) is 60.7 Å². The fourth-order valence-corrected chi connectivity index (χ4v) is 3.01. The second-order valence-corrected chi connectivity index (χ2v) is 5.78. The number of rotatable bonds is 3. The summed E-state index contributed by atoms with van der Waals surface area (Å²) < 4.78 is 0. The molecule has 0 aromatic heterocycles. The molecule has 1 saturated heterocycles. The van der Waals surface area contributed by atoms with Gasteiger partial charge in [0.05, 0.1) is 0 Å². The Balaban J connectivity index is 0.00000161. The standard InChI is InChI=1S/C18H22N2.ClH/c19-18(17-9-5-2-6-10-17)11-13-20(14-12-18)15-16-7-3-1-4-8-16;/h1-10H,11-15,19H2;1H. The van der Waals surface area contributed by atoms with Crippen molar-refractivity contribution in [2.45, 2.75) is 24.9 Å². The van der Waals surface area contributed by atoms with Gasteiger partial charge in [0.2, 0.25) is 0 Å². The van der Waals surface area contributed by atoms with Gasteiger partial charge >= 0.3 is 0 Å². The van der Waals surface area contributed by atoms with E-state index in [2.05, 4.69) is 65.6 Å². The molecule has 0 amide bonds. The second kappa shape index (κ2) is 7.08. The lowest BCUT2D eigenvalue weighted by atomic mass is 9.82. The Morgan fingerprint density at radius 2 is 1.38 bits per heavy atom. The van der Waals surface area contributed by atoms with Crippen LogP contribution in [0.25, 0.3) is 0 Å². The first-order chi connectivity index (χ1) is 9.76. The fraction of sp³-hybridized carbons (Fsp3) is 0.333. The molecule has 21 heavy (non-hydrogen) atoms. The van der Waals surface area contributed by atoms with E-state index in [1.165, 1.54) is 11.1 Å². The molecule has 1 aliphatic heterocycles. The highest BCUT2D eigenvalue weighted by atomic mass is 35.5. The summed E-state index contributed by atoms with van der Waals surface area (Å²) in [4.78, 5) is 2.50. The van der Waals surface area contributed by atoms with E-state index in [1.807, 2.05) is 0 Å². The van der Waals surface area contributed by atoms with E-state index < -0.39 is 0 Å². The van der Waals surface area contributed by atoms with Gasteiger partial charge in [-0.2, -0.15) is 0 Å². The lowest BCUT2D eigenvalue weighted by Gasteiger charge is -2.39. The quantitative estimate of drug-likeness (QED) is 0.939. The van der Waals surface area contributed by atoms with Gasteiger partial charge in [0.25, 0.3) is 0 Å². The van der Waals surface area contributed by atoms with Crippen LogP contribution in [0.15, 0.2) is 60.7 Å². The van der Waals surface area contributed by atoms with Gasteiger partial charge in [-0.05, 0) is 24.0 Å². The monoisotopic (exact) mass is 302 g/mol. The van der Waals surface area contributed by atoms with Gasteiger partial charge in [0, 0.05) is 25.2 Å². The van der Waals surface area contributed by atoms with Crippen LogP contribution >= 0.6 is 12.4 Å². The molecule has 0 unspecified atom stereocenters. The van der Waals surface area contributed by atoms with E-state index in [1.54, 1.807) is 0 Å². The Kier molecular flexibility index (Phi) is 5.40. The van der Waals surface area contributed by atoms with Crippen molar-refractivity contribution < 1.29 is 0 Å². The Morgan fingerprint density at radius 3 is 1.95 bits per heavy atom. The molecule has 0 radical (unpaired) electrons. The smallest absolute Gasteiger partial charge is 0.0434 e. The lowest BCUT2D eigenvalue weighted by molar-refractivity contribution is 0.155. The summed E-state index contributed by atoms with van der Waals surface area (Å²) in [6, 6.07) is 21.2. The fourth-order valence-electron chi connectivity index (χ4n) is 3.01. The average molecular weight is 303 g/mol. The van der Waals surface area contributed by atoms with Gasteiger partial charge in [0.15, 0.2) is 0 Å². The zero-order valence-electron chi connectivity index (χ0n) is 12.2. The minimum absolute atomic E-state index is 0. The molecule has 1 fully saturated rings. The SMILES string of the molecule is Cl.NC1(c2ccccc2)CCN(Cc2ccccc2)CC1. The van der Waals surface area contributed by atoms with Crippen molar-refractivity contribution in [1.82, 2.24) is 4.90 Å². The number of hydrogen-bond acceptors (Lipinski definition) is 2. The van der Waals surface area contributed by atoms with Crippen LogP contribution in [-0.2, 0) is 12.1 Å². The van der Waals surface area contributed by atoms with E-state index >= 15 is 0 Å². The van der Waals surface area contributed by atoms with E-state index in [4.69, 9.17) is 5.73 Å². The third-order valence-electron chi connectivity index (χ3n) is 4.35. The number of nitrogens with two attached hydrogens (primary N) is 1. The maximum Gasteiger partial charge on any atom is 0.0434 e. The first-order valence-electron chi connectivity index (χ1n) is 7.37. The minimum Gasteiger partial charge on any atom is -0.321 e. The topological polar surface area (TPSA) is 29.3 Å². The first-order valence-corrected chi connectivity index (χ1v) is 7.37. The maximum atomic E-state index is 6.61. The van der Waals surface area contributed by atoms with Crippen molar-refractivity contribution in [2.24, 2.45) is 5.73 Å². The summed E-state index contributed by atoms with van der Waals surface area (Å²) >= 11 is 0. The number of benzene rings is 2. The zero-order chi connectivity index (χ0) is 13.8. The van der Waals surface area contributed by atoms with Crippen LogP contribution in [0.3, 0.4) is 0 Å². The van der Waals surface area contributed by atoms with Gasteiger partial charge in [0.1, 0.15) is 0 Å². The van der Waals surface area contributed by atoms with Crippen molar-refractivity contribution in [2.75, 3.05) is 13.1 Å². The lowest BCUT2D eigenvalue weighted by Crippen LogP contribution is -2.47. The minimum atomic E-state index is -0.144. The number of hydrogen-bond donors (Lipinski definition) is 1. The second-order valence-electron chi connectivity index (χ2n) is 5.78. The van der Waals surface area contributed by atoms with Crippen LogP contribution in [0, 0.1) is 0 Å². The van der Waals surface area contributed by atoms with E-state index in [9.17, 15) is 0 Å². The first kappa shape index (κ1) is 16.0. The van der Waals surface area contributed by atoms with Crippen molar-refractivity contribution in [3.63, 3.8) is 0 Å². The zero-order valence-corrected chi connectivity index (χ0v) is 13.1. The molecular formula is C18H23ClN2. The van der Waals surface area contributed by atoms with Crippen LogP contribution in [0.1, 0.15) is 24.0 Å². The van der Waals surface area contributed by atoms with Crippen molar-refractivity contribution in [1.29, 1.82) is 0 Å². The van der Waals surface area contributed by atoms with E-state index in [0.29, 0.717) is 0 Å². The highest BCUT2D eigenvalue weighted by Gasteiger charge is 2.31. The summed E-state index contributed by atoms with van der Waals surface area (Å²) in [5, 5.41) is 0. The molecule has 3 rings (SSSR count). The third kappa shape index (κ3) is 3.85. The molecule has 0 saturated carbocycles. The maximum absolute atomic E-state index is 6.61. The van der Waals surface area contributed by atoms with Gasteiger partial charge in [-0.3, -0.25) is 4.90 Å². The van der Waals surface area contributed by atoms with Crippen molar-refractivity contribution in [3.05, 3.63) is 71.8 Å². The molecule has 3 heteroatoms. The van der Waals surface area contributed by atoms with Gasteiger partial charge in [-0.25, -0.2) is 0 Å². The van der Waals surface area contributed by atoms with E-state index in [-0.39, 0.29) is 17.9 Å². The molecule has 0 bridgehead atoms. The van der Waals surface area contributed by atoms with Crippen LogP contribution in [-0.4, -0.2) is 18.0 Å². The third-order valence-corrected chi connectivity index (χ3v) is 4.35. The Hall–Kier alpha value is -1.35. The van der Waals surface area contributed by atoms with Crippen LogP contribution < -0.4 is 5.73 Å². The highest BCUT2D eigenvalue weighted by molar-refractivity contribution is 5.85. The molecule has 0 atom stereocenters. The number of nitrogens with zero attached hydrogens (tertiary/aromatic N) is 1. The Morgan fingerprint density at radius 1 is 0.857 bits per heavy atom. The molecular weight excluding hydrogens is 280 g/mol. The molecule has 0 spiro atoms. The van der Waals surface area contributed by atoms with Crippen molar-refractivity contribution >= 4 is 12.4 Å². The summed E-state index contributed by atoms with van der Waals surface area (Å²) in [5.74, 6) is 0. The largest absolute Gasteiger partial charge is 0.321 e. The Labute approximate surface area is 133 Å². The number of piperidine rings is 1. The normalized spacial score (nSPS) is 18.0. The molecule has 112 valence electrons. The van der Waals surface area contributed by atoms with Crippen LogP contribution in [0.5, 0.6) is 0 Å². The van der Waals surface area contributed by atoms with Crippen LogP contribution in [0.2, 0.25) is 0 Å². The highest BCUT2D eigenvalue weighted by Crippen LogP contribution is 2.30. The average Bonchev–Trinajstić information content (AvgIpc) is 2.52. The Bertz CT molecular complexity index is 534. The summed E-state index contributed by atoms with van der Waals surface area (Å²) in [6.45, 7) is 3.17. The summed E-state index contributed by atoms with van der Waals surface area (Å²) in [7, 11) is 0. The van der Waals surface area contributed by atoms with Crippen LogP contribution in [0.4, 0.5) is 0 Å². The van der Waals surface area contributed by atoms with Crippen molar-refractivity contribution in [3.8, 4) is 0 Å². The van der Waals surface area contributed by atoms with E-state index in [0.717, 1.165) is 32.5 Å². The number of halogens is 1.